The van der Waals surface area contributed by atoms with Crippen LogP contribution in [0.1, 0.15) is 26.3 Å². The van der Waals surface area contributed by atoms with E-state index in [2.05, 4.69) is 44.0 Å². The zero-order valence-electron chi connectivity index (χ0n) is 8.57. The van der Waals surface area contributed by atoms with Crippen molar-refractivity contribution in [3.05, 3.63) is 29.8 Å². The molecule has 1 nitrogen and oxygen atoms in total. The lowest BCUT2D eigenvalue weighted by atomic mass is 9.82. The van der Waals surface area contributed by atoms with E-state index in [0.29, 0.717) is 0 Å². The van der Waals surface area contributed by atoms with Gasteiger partial charge in [-0.1, -0.05) is 32.0 Å². The number of aliphatic imine (C=N–C) groups is 1. The van der Waals surface area contributed by atoms with Gasteiger partial charge >= 0.3 is 0 Å². The minimum absolute atomic E-state index is 0. The molecule has 1 heterocycles. The average molecular weight is 321 g/mol. The highest BCUT2D eigenvalue weighted by Crippen LogP contribution is 2.39. The van der Waals surface area contributed by atoms with Crippen LogP contribution in [0.25, 0.3) is 0 Å². The van der Waals surface area contributed by atoms with Crippen molar-refractivity contribution in [3.8, 4) is 0 Å². The normalized spacial score (nSPS) is 16.1. The fourth-order valence-electron chi connectivity index (χ4n) is 1.61. The van der Waals surface area contributed by atoms with Gasteiger partial charge < -0.3 is 0 Å². The molecule has 78 valence electrons. The van der Waals surface area contributed by atoms with Crippen LogP contribution in [0.3, 0.4) is 0 Å². The fourth-order valence-corrected chi connectivity index (χ4v) is 1.61. The molecule has 0 saturated carbocycles. The summed E-state index contributed by atoms with van der Waals surface area (Å²) >= 11 is 0. The SMILES string of the molecule is Br.Br.CC1=Nc2ccccc2C1(C)C. The van der Waals surface area contributed by atoms with Crippen LogP contribution in [0, 0.1) is 0 Å². The molecule has 0 spiro atoms. The van der Waals surface area contributed by atoms with E-state index < -0.39 is 0 Å². The van der Waals surface area contributed by atoms with Gasteiger partial charge in [0, 0.05) is 11.1 Å². The maximum Gasteiger partial charge on any atom is 0.0670 e. The smallest absolute Gasteiger partial charge is 0.0670 e. The summed E-state index contributed by atoms with van der Waals surface area (Å²) in [5, 5.41) is 0. The summed E-state index contributed by atoms with van der Waals surface area (Å²) in [6.07, 6.45) is 0. The first-order chi connectivity index (χ1) is 5.62. The second-order valence-corrected chi connectivity index (χ2v) is 3.84. The van der Waals surface area contributed by atoms with Gasteiger partial charge in [0.2, 0.25) is 0 Å². The molecule has 0 fully saturated rings. The molecule has 1 aromatic carbocycles. The molecule has 1 aromatic rings. The molecule has 14 heavy (non-hydrogen) atoms. The number of benzene rings is 1. The van der Waals surface area contributed by atoms with E-state index >= 15 is 0 Å². The molecule has 0 N–H and O–H groups in total. The van der Waals surface area contributed by atoms with Gasteiger partial charge in [0.1, 0.15) is 0 Å². The molecule has 0 bridgehead atoms. The van der Waals surface area contributed by atoms with Crippen LogP contribution in [0.2, 0.25) is 0 Å². The molecule has 0 unspecified atom stereocenters. The molecular weight excluding hydrogens is 306 g/mol. The maximum absolute atomic E-state index is 4.52. The summed E-state index contributed by atoms with van der Waals surface area (Å²) in [4.78, 5) is 4.52. The second kappa shape index (κ2) is 4.58. The number of rotatable bonds is 0. The van der Waals surface area contributed by atoms with Crippen LogP contribution >= 0.6 is 34.0 Å². The van der Waals surface area contributed by atoms with Crippen LogP contribution in [0.4, 0.5) is 5.69 Å². The first-order valence-electron chi connectivity index (χ1n) is 4.27. The highest BCUT2D eigenvalue weighted by Gasteiger charge is 2.31. The number of hydrogen-bond acceptors (Lipinski definition) is 1. The summed E-state index contributed by atoms with van der Waals surface area (Å²) in [5.74, 6) is 0. The van der Waals surface area contributed by atoms with E-state index in [9.17, 15) is 0 Å². The van der Waals surface area contributed by atoms with Gasteiger partial charge in [-0.05, 0) is 18.6 Å². The van der Waals surface area contributed by atoms with Gasteiger partial charge in [0.05, 0.1) is 5.69 Å². The van der Waals surface area contributed by atoms with Crippen molar-refractivity contribution in [2.75, 3.05) is 0 Å². The number of hydrogen-bond donors (Lipinski definition) is 0. The quantitative estimate of drug-likeness (QED) is 0.678. The predicted octanol–water partition coefficient (Wildman–Crippen LogP) is 4.23. The summed E-state index contributed by atoms with van der Waals surface area (Å²) in [7, 11) is 0. The minimum atomic E-state index is 0. The lowest BCUT2D eigenvalue weighted by Crippen LogP contribution is -2.22. The summed E-state index contributed by atoms with van der Waals surface area (Å²) in [5.41, 5.74) is 3.84. The van der Waals surface area contributed by atoms with Crippen molar-refractivity contribution in [2.45, 2.75) is 26.2 Å². The van der Waals surface area contributed by atoms with Gasteiger partial charge in [-0.15, -0.1) is 34.0 Å². The summed E-state index contributed by atoms with van der Waals surface area (Å²) in [6.45, 7) is 6.54. The second-order valence-electron chi connectivity index (χ2n) is 3.84. The lowest BCUT2D eigenvalue weighted by Gasteiger charge is -2.19. The Balaban J connectivity index is 0.000000845. The molecular formula is C11H15Br2N. The van der Waals surface area contributed by atoms with Crippen molar-refractivity contribution < 1.29 is 0 Å². The Kier molecular flexibility index (Phi) is 4.53. The Labute approximate surface area is 106 Å². The van der Waals surface area contributed by atoms with E-state index in [1.807, 2.05) is 6.07 Å². The zero-order chi connectivity index (χ0) is 8.77. The molecule has 1 aliphatic heterocycles. The molecule has 2 rings (SSSR count). The Morgan fingerprint density at radius 2 is 1.64 bits per heavy atom. The molecule has 0 aliphatic carbocycles. The average Bonchev–Trinajstić information content (AvgIpc) is 2.25. The Hall–Kier alpha value is -0.150. The van der Waals surface area contributed by atoms with Crippen molar-refractivity contribution in [1.29, 1.82) is 0 Å². The number of para-hydroxylation sites is 1. The Bertz CT molecular complexity index is 356. The van der Waals surface area contributed by atoms with Gasteiger partial charge in [-0.3, -0.25) is 4.99 Å². The lowest BCUT2D eigenvalue weighted by molar-refractivity contribution is 0.733. The summed E-state index contributed by atoms with van der Waals surface area (Å²) in [6, 6.07) is 8.36. The van der Waals surface area contributed by atoms with Gasteiger partial charge in [-0.25, -0.2) is 0 Å². The van der Waals surface area contributed by atoms with Crippen LogP contribution in [0.15, 0.2) is 29.3 Å². The standard InChI is InChI=1S/C11H13N.2BrH/c1-8-11(2,3)9-6-4-5-7-10(9)12-8;;/h4-7H,1-3H3;2*1H. The van der Waals surface area contributed by atoms with Crippen LogP contribution < -0.4 is 0 Å². The van der Waals surface area contributed by atoms with E-state index in [4.69, 9.17) is 0 Å². The predicted molar refractivity (Wildman–Crippen MR) is 72.9 cm³/mol. The molecule has 0 amide bonds. The monoisotopic (exact) mass is 319 g/mol. The van der Waals surface area contributed by atoms with Crippen molar-refractivity contribution in [1.82, 2.24) is 0 Å². The number of halogens is 2. The first kappa shape index (κ1) is 13.8. The molecule has 1 aliphatic rings. The number of fused-ring (bicyclic) bond motifs is 1. The summed E-state index contributed by atoms with van der Waals surface area (Å²) < 4.78 is 0. The first-order valence-corrected chi connectivity index (χ1v) is 4.27. The van der Waals surface area contributed by atoms with Crippen LogP contribution in [0.5, 0.6) is 0 Å². The number of nitrogens with zero attached hydrogens (tertiary/aromatic N) is 1. The van der Waals surface area contributed by atoms with Crippen molar-refractivity contribution in [2.24, 2.45) is 4.99 Å². The molecule has 3 heteroatoms. The van der Waals surface area contributed by atoms with Crippen molar-refractivity contribution >= 4 is 45.4 Å². The molecule has 0 radical (unpaired) electrons. The third kappa shape index (κ3) is 1.94. The maximum atomic E-state index is 4.52. The molecule has 0 saturated heterocycles. The fraction of sp³-hybridized carbons (Fsp3) is 0.364. The van der Waals surface area contributed by atoms with Gasteiger partial charge in [0.25, 0.3) is 0 Å². The van der Waals surface area contributed by atoms with Gasteiger partial charge in [-0.2, -0.15) is 0 Å². The van der Waals surface area contributed by atoms with E-state index in [1.54, 1.807) is 0 Å². The third-order valence-corrected chi connectivity index (χ3v) is 2.77. The Morgan fingerprint density at radius 3 is 2.21 bits per heavy atom. The van der Waals surface area contributed by atoms with E-state index in [1.165, 1.54) is 11.3 Å². The topological polar surface area (TPSA) is 12.4 Å². The zero-order valence-corrected chi connectivity index (χ0v) is 12.0. The van der Waals surface area contributed by atoms with Crippen LogP contribution in [-0.4, -0.2) is 5.71 Å². The molecule has 0 atom stereocenters. The molecule has 0 aromatic heterocycles. The largest absolute Gasteiger partial charge is 0.257 e. The van der Waals surface area contributed by atoms with Crippen LogP contribution in [-0.2, 0) is 5.41 Å². The third-order valence-electron chi connectivity index (χ3n) is 2.77. The van der Waals surface area contributed by atoms with E-state index in [-0.39, 0.29) is 39.4 Å². The highest BCUT2D eigenvalue weighted by molar-refractivity contribution is 8.93. The Morgan fingerprint density at radius 1 is 1.07 bits per heavy atom. The highest BCUT2D eigenvalue weighted by atomic mass is 79.9. The van der Waals surface area contributed by atoms with Crippen molar-refractivity contribution in [3.63, 3.8) is 0 Å². The van der Waals surface area contributed by atoms with Gasteiger partial charge in [0.15, 0.2) is 0 Å². The minimum Gasteiger partial charge on any atom is -0.257 e. The van der Waals surface area contributed by atoms with E-state index in [0.717, 1.165) is 5.69 Å².